The number of nitrogens with one attached hydrogen (secondary N) is 2. The number of nitro groups is 4. The fraction of sp³-hybridized carbons (Fsp3) is 0.390. The Hall–Kier alpha value is -10.3. The Morgan fingerprint density at radius 3 is 1.43 bits per heavy atom. The molecule has 3 aliphatic heterocycles. The largest absolute Gasteiger partial charge is 0.478 e. The summed E-state index contributed by atoms with van der Waals surface area (Å²) in [5.74, 6) is -1.75. The van der Waals surface area contributed by atoms with Crippen LogP contribution in [0.25, 0.3) is 0 Å². The Bertz CT molecular complexity index is 4230. The number of ether oxygens (including phenoxy) is 3. The summed E-state index contributed by atoms with van der Waals surface area (Å²) in [4.78, 5) is 107. The number of nitrogen functional groups attached to an aromatic ring is 1. The van der Waals surface area contributed by atoms with E-state index in [2.05, 4.69) is 51.3 Å². The number of nitrogens with two attached hydrogens (primary N) is 1. The van der Waals surface area contributed by atoms with Crippen LogP contribution in [0, 0.1) is 93.8 Å². The third-order valence-corrected chi connectivity index (χ3v) is 19.0. The molecule has 0 aromatic heterocycles. The first kappa shape index (κ1) is 83.0. The molecule has 29 heteroatoms. The summed E-state index contributed by atoms with van der Waals surface area (Å²) in [5.41, 5.74) is 20.7. The number of urea groups is 1. The second-order valence-corrected chi connectivity index (χ2v) is 26.5. The van der Waals surface area contributed by atoms with Crippen molar-refractivity contribution in [1.29, 1.82) is 0 Å². The molecular formula is C77H91ClN10O18. The lowest BCUT2D eigenvalue weighted by Crippen LogP contribution is -2.35. The number of carbonyl (C=O) groups is 5. The number of hydrogen-bond acceptors (Lipinski definition) is 21. The molecule has 2 unspecified atom stereocenters. The first-order chi connectivity index (χ1) is 50.6. The number of nitro benzene ring substituents is 4. The van der Waals surface area contributed by atoms with Gasteiger partial charge in [0.05, 0.1) is 77.9 Å². The first-order valence-electron chi connectivity index (χ1n) is 34.6. The number of anilines is 2. The average molecular weight is 1480 g/mol. The molecule has 1 saturated carbocycles. The molecule has 0 bridgehead atoms. The number of morpholine rings is 3. The van der Waals surface area contributed by atoms with Crippen LogP contribution in [0.15, 0.2) is 127 Å². The number of non-ortho nitro benzene ring substituents is 4. The van der Waals surface area contributed by atoms with E-state index in [1.54, 1.807) is 38.1 Å². The van der Waals surface area contributed by atoms with Crippen molar-refractivity contribution in [2.45, 2.75) is 106 Å². The van der Waals surface area contributed by atoms with Crippen molar-refractivity contribution in [3.63, 3.8) is 0 Å². The van der Waals surface area contributed by atoms with E-state index in [0.29, 0.717) is 41.8 Å². The van der Waals surface area contributed by atoms with Crippen LogP contribution < -0.4 is 16.4 Å². The molecule has 0 radical (unpaired) electrons. The smallest absolute Gasteiger partial charge is 0.336 e. The standard InChI is InChI=1S/C29H33N3O5.C12H16N2O3.C12H18N2O.C8H8ClNO2.C8H7NO4.C8H9NO3/c1-18-2-5-22(13-21(18)17-32-8-10-37-11-9-32)31-29(36)30-16-19-3-4-20-14-26(28(35)25(20)12-19)24-7-6-23(33)15-27(24)34;1-10-2-3-12(14(15)16)8-11(10)9-13-4-6-17-7-5-13;1-10-2-3-12(13)8-11(10)9-14-4-6-15-7-5-14;1-6-2-3-8(10(11)12)4-7(6)5-9;1-5-2-3-6(9(12)13)4-7(5)8(10)11;1-6-2-3-8(9(11)12)4-7(6)5-10/h2-5,12-13,24,26H,6-11,14-17H2,1H3,(H2,30,31,36);2-3,8H,4-7,9H2,1H3;2-3,8H,4-7,9,13H2,1H3;2-4H,5H2,1H3;2-4H,1H3,(H,10,11);2-4,10H,5H2,1H3. The number of hydrogen-bond donors (Lipinski definition) is 5. The molecular weight excluding hydrogens is 1390 g/mol. The highest BCUT2D eigenvalue weighted by Gasteiger charge is 2.42. The summed E-state index contributed by atoms with van der Waals surface area (Å²) in [7, 11) is 0. The summed E-state index contributed by atoms with van der Waals surface area (Å²) in [5, 5.41) is 64.9. The fourth-order valence-corrected chi connectivity index (χ4v) is 12.5. The number of nitrogens with zero attached hydrogens (tertiary/aromatic N) is 7. The molecule has 7 aromatic rings. The molecule has 3 heterocycles. The molecule has 12 rings (SSSR count). The van der Waals surface area contributed by atoms with Crippen LogP contribution in [-0.4, -0.2) is 153 Å². The summed E-state index contributed by atoms with van der Waals surface area (Å²) < 4.78 is 16.0. The quantitative estimate of drug-likeness (QED) is 0.0186. The van der Waals surface area contributed by atoms with Gasteiger partial charge in [-0.2, -0.15) is 0 Å². The van der Waals surface area contributed by atoms with E-state index >= 15 is 0 Å². The topological polar surface area (TPSA) is 386 Å². The van der Waals surface area contributed by atoms with Gasteiger partial charge >= 0.3 is 12.0 Å². The van der Waals surface area contributed by atoms with Crippen LogP contribution in [-0.2, 0) is 68.9 Å². The number of ketones is 3. The average Bonchev–Trinajstić information content (AvgIpc) is 1.63. The number of halogens is 1. The van der Waals surface area contributed by atoms with Crippen molar-refractivity contribution in [3.05, 3.63) is 251 Å². The van der Waals surface area contributed by atoms with E-state index in [9.17, 15) is 64.4 Å². The highest BCUT2D eigenvalue weighted by atomic mass is 35.5. The lowest BCUT2D eigenvalue weighted by Gasteiger charge is -2.27. The van der Waals surface area contributed by atoms with Gasteiger partial charge in [0, 0.05) is 155 Å². The third kappa shape index (κ3) is 25.2. The Morgan fingerprint density at radius 2 is 0.962 bits per heavy atom. The van der Waals surface area contributed by atoms with E-state index in [1.807, 2.05) is 62.4 Å². The third-order valence-electron chi connectivity index (χ3n) is 18.8. The second-order valence-electron chi connectivity index (χ2n) is 26.3. The monoisotopic (exact) mass is 1480 g/mol. The van der Waals surface area contributed by atoms with E-state index < -0.39 is 20.7 Å². The van der Waals surface area contributed by atoms with Gasteiger partial charge in [-0.25, -0.2) is 9.59 Å². The number of aliphatic hydroxyl groups excluding tert-OH is 1. The number of rotatable bonds is 17. The molecule has 2 aliphatic carbocycles. The van der Waals surface area contributed by atoms with E-state index in [0.717, 1.165) is 155 Å². The summed E-state index contributed by atoms with van der Waals surface area (Å²) in [6.45, 7) is 24.4. The van der Waals surface area contributed by atoms with Crippen LogP contribution in [0.5, 0.6) is 0 Å². The van der Waals surface area contributed by atoms with Gasteiger partial charge < -0.3 is 40.8 Å². The molecule has 2 atom stereocenters. The van der Waals surface area contributed by atoms with Crippen LogP contribution >= 0.6 is 11.6 Å². The molecule has 28 nitrogen and oxygen atoms in total. The maximum Gasteiger partial charge on any atom is 0.336 e. The van der Waals surface area contributed by atoms with Crippen molar-refractivity contribution < 1.29 is 68.1 Å². The maximum atomic E-state index is 13.1. The number of aliphatic hydroxyl groups is 1. The molecule has 6 N–H and O–H groups in total. The minimum Gasteiger partial charge on any atom is -0.478 e. The number of benzene rings is 7. The number of carbonyl (C=O) groups excluding carboxylic acids is 4. The summed E-state index contributed by atoms with van der Waals surface area (Å²) in [6.07, 6.45) is 1.32. The number of aromatic carboxylic acids is 1. The van der Waals surface area contributed by atoms with Gasteiger partial charge in [0.25, 0.3) is 22.7 Å². The van der Waals surface area contributed by atoms with Gasteiger partial charge in [-0.15, -0.1) is 11.6 Å². The van der Waals surface area contributed by atoms with Gasteiger partial charge in [0.15, 0.2) is 5.78 Å². The molecule has 0 spiro atoms. The van der Waals surface area contributed by atoms with Crippen molar-refractivity contribution >= 4 is 75.1 Å². The molecule has 4 fully saturated rings. The SMILES string of the molecule is Cc1ccc(N)cc1CN1CCOCC1.Cc1ccc(NC(=O)NCc2ccc3c(c2)C(=O)C(C2CCC(=O)CC2=O)C3)cc1CN1CCOCC1.Cc1ccc([N+](=O)[O-])cc1C(=O)O.Cc1ccc([N+](=O)[O-])cc1CCl.Cc1ccc([N+](=O)[O-])cc1CN1CCOCC1.Cc1ccc([N+](=O)[O-])cc1CO. The Balaban J connectivity index is 0.000000191. The van der Waals surface area contributed by atoms with Gasteiger partial charge in [0.2, 0.25) is 0 Å². The number of carboxylic acid groups (broad SMARTS) is 1. The van der Waals surface area contributed by atoms with Gasteiger partial charge in [-0.1, -0.05) is 48.5 Å². The van der Waals surface area contributed by atoms with E-state index in [-0.39, 0.29) is 88.0 Å². The van der Waals surface area contributed by atoms with Crippen LogP contribution in [0.3, 0.4) is 0 Å². The highest BCUT2D eigenvalue weighted by molar-refractivity contribution is 6.17. The van der Waals surface area contributed by atoms with Gasteiger partial charge in [0.1, 0.15) is 11.6 Å². The number of fused-ring (bicyclic) bond motifs is 1. The number of amides is 2. The van der Waals surface area contributed by atoms with Crippen molar-refractivity contribution in [1.82, 2.24) is 20.0 Å². The van der Waals surface area contributed by atoms with Crippen LogP contribution in [0.1, 0.15) is 112 Å². The molecule has 564 valence electrons. The highest BCUT2D eigenvalue weighted by Crippen LogP contribution is 2.37. The van der Waals surface area contributed by atoms with Crippen molar-refractivity contribution in [2.24, 2.45) is 11.8 Å². The Labute approximate surface area is 619 Å². The molecule has 5 aliphatic rings. The van der Waals surface area contributed by atoms with Crippen LogP contribution in [0.2, 0.25) is 0 Å². The first-order valence-corrected chi connectivity index (χ1v) is 35.1. The van der Waals surface area contributed by atoms with Crippen molar-refractivity contribution in [3.8, 4) is 0 Å². The predicted molar refractivity (Wildman–Crippen MR) is 400 cm³/mol. The zero-order chi connectivity index (χ0) is 77.1. The predicted octanol–water partition coefficient (Wildman–Crippen LogP) is 12.2. The number of Topliss-reactive ketones (excluding diaryl/α,β-unsaturated/α-hetero) is 3. The zero-order valence-electron chi connectivity index (χ0n) is 60.3. The minimum absolute atomic E-state index is 0.0182. The number of carboxylic acids is 1. The minimum atomic E-state index is -1.15. The van der Waals surface area contributed by atoms with E-state index in [1.165, 1.54) is 58.7 Å². The normalized spacial score (nSPS) is 16.4. The number of aryl methyl sites for hydroxylation is 6. The number of alkyl halides is 1. The lowest BCUT2D eigenvalue weighted by molar-refractivity contribution is -0.385. The maximum absolute atomic E-state index is 13.1. The zero-order valence-corrected chi connectivity index (χ0v) is 61.1. The Morgan fingerprint density at radius 1 is 0.538 bits per heavy atom. The molecule has 2 amide bonds. The fourth-order valence-electron chi connectivity index (χ4n) is 12.2. The van der Waals surface area contributed by atoms with Crippen molar-refractivity contribution in [2.75, 3.05) is 90.0 Å². The molecule has 7 aromatic carbocycles. The summed E-state index contributed by atoms with van der Waals surface area (Å²) >= 11 is 5.59. The Kier molecular flexibility index (Phi) is 32.0. The van der Waals surface area contributed by atoms with Gasteiger partial charge in [-0.3, -0.25) is 69.5 Å². The van der Waals surface area contributed by atoms with E-state index in [4.69, 9.17) is 41.8 Å². The second kappa shape index (κ2) is 40.8. The molecule has 3 saturated heterocycles. The van der Waals surface area contributed by atoms with Crippen LogP contribution in [0.4, 0.5) is 38.9 Å². The molecule has 106 heavy (non-hydrogen) atoms. The summed E-state index contributed by atoms with van der Waals surface area (Å²) in [6, 6.07) is 35.3. The lowest BCUT2D eigenvalue weighted by atomic mass is 9.77. The van der Waals surface area contributed by atoms with Gasteiger partial charge in [-0.05, 0) is 157 Å².